The van der Waals surface area contributed by atoms with E-state index in [4.69, 9.17) is 30.5 Å². The van der Waals surface area contributed by atoms with Crippen LogP contribution < -0.4 is 14.2 Å². The molecule has 32 heavy (non-hydrogen) atoms. The van der Waals surface area contributed by atoms with Crippen molar-refractivity contribution in [1.82, 2.24) is 0 Å². The first-order valence-electron chi connectivity index (χ1n) is 9.85. The summed E-state index contributed by atoms with van der Waals surface area (Å²) in [6, 6.07) is 21.2. The van der Waals surface area contributed by atoms with Gasteiger partial charge >= 0.3 is 5.97 Å². The van der Waals surface area contributed by atoms with Gasteiger partial charge in [0.25, 0.3) is 0 Å². The van der Waals surface area contributed by atoms with Crippen LogP contribution in [0.15, 0.2) is 72.8 Å². The van der Waals surface area contributed by atoms with Gasteiger partial charge in [0.1, 0.15) is 30.5 Å². The van der Waals surface area contributed by atoms with Gasteiger partial charge in [0.15, 0.2) is 5.92 Å². The lowest BCUT2D eigenvalue weighted by molar-refractivity contribution is -0.148. The van der Waals surface area contributed by atoms with Gasteiger partial charge in [0.2, 0.25) is 5.24 Å². The van der Waals surface area contributed by atoms with Crippen molar-refractivity contribution in [2.24, 2.45) is 0 Å². The molecular formula is C25H23ClO6. The van der Waals surface area contributed by atoms with Crippen LogP contribution in [-0.4, -0.2) is 25.4 Å². The molecule has 1 atom stereocenters. The number of benzene rings is 3. The maximum atomic E-state index is 12.8. The number of hydrogen-bond acceptors (Lipinski definition) is 6. The molecule has 0 saturated heterocycles. The van der Waals surface area contributed by atoms with E-state index in [1.165, 1.54) is 0 Å². The Morgan fingerprint density at radius 1 is 0.781 bits per heavy atom. The Labute approximate surface area is 191 Å². The van der Waals surface area contributed by atoms with Gasteiger partial charge in [-0.15, -0.1) is 0 Å². The fourth-order valence-electron chi connectivity index (χ4n) is 3.03. The Kier molecular flexibility index (Phi) is 8.11. The van der Waals surface area contributed by atoms with Crippen LogP contribution in [0.2, 0.25) is 0 Å². The molecule has 166 valence electrons. The number of carbonyl (C=O) groups excluding carboxylic acids is 2. The van der Waals surface area contributed by atoms with Crippen LogP contribution in [0.4, 0.5) is 0 Å². The number of hydrogen-bond donors (Lipinski definition) is 0. The summed E-state index contributed by atoms with van der Waals surface area (Å²) in [6.07, 6.45) is 0. The van der Waals surface area contributed by atoms with Crippen molar-refractivity contribution >= 4 is 22.8 Å². The van der Waals surface area contributed by atoms with E-state index in [0.29, 0.717) is 17.1 Å². The summed E-state index contributed by atoms with van der Waals surface area (Å²) >= 11 is 5.79. The lowest BCUT2D eigenvalue weighted by Gasteiger charge is -2.17. The third-order valence-electron chi connectivity index (χ3n) is 4.79. The van der Waals surface area contributed by atoms with Crippen LogP contribution in [-0.2, 0) is 27.5 Å². The van der Waals surface area contributed by atoms with E-state index in [1.807, 2.05) is 24.3 Å². The third kappa shape index (κ3) is 6.02. The SMILES string of the molecule is COc1ccc(COC(=O)C(C(=O)Cl)c2ccccc2OCc2ccc(OC)cc2)cc1. The standard InChI is InChI=1S/C25H23ClO6/c1-29-19-11-7-17(8-12-19)15-31-22-6-4-3-5-21(22)23(24(26)27)25(28)32-16-18-9-13-20(30-2)14-10-18/h3-14,23H,15-16H2,1-2H3. The molecule has 0 amide bonds. The van der Waals surface area contributed by atoms with Gasteiger partial charge < -0.3 is 18.9 Å². The fraction of sp³-hybridized carbons (Fsp3) is 0.200. The zero-order valence-corrected chi connectivity index (χ0v) is 18.5. The topological polar surface area (TPSA) is 71.1 Å². The summed E-state index contributed by atoms with van der Waals surface area (Å²) in [5.41, 5.74) is 2.00. The minimum Gasteiger partial charge on any atom is -0.497 e. The maximum absolute atomic E-state index is 12.8. The van der Waals surface area contributed by atoms with Gasteiger partial charge in [-0.05, 0) is 53.1 Å². The van der Waals surface area contributed by atoms with Gasteiger partial charge in [0.05, 0.1) is 14.2 Å². The van der Waals surface area contributed by atoms with Crippen molar-refractivity contribution in [1.29, 1.82) is 0 Å². The predicted octanol–water partition coefficient (Wildman–Crippen LogP) is 4.88. The summed E-state index contributed by atoms with van der Waals surface area (Å²) < 4.78 is 21.5. The Morgan fingerprint density at radius 3 is 1.84 bits per heavy atom. The Balaban J connectivity index is 1.72. The highest BCUT2D eigenvalue weighted by Crippen LogP contribution is 2.30. The van der Waals surface area contributed by atoms with Crippen molar-refractivity contribution in [3.05, 3.63) is 89.5 Å². The fourth-order valence-corrected chi connectivity index (χ4v) is 3.24. The second kappa shape index (κ2) is 11.2. The molecule has 0 bridgehead atoms. The van der Waals surface area contributed by atoms with Crippen LogP contribution in [0.25, 0.3) is 0 Å². The molecule has 0 spiro atoms. The number of methoxy groups -OCH3 is 2. The van der Waals surface area contributed by atoms with Crippen molar-refractivity contribution in [3.8, 4) is 17.2 Å². The molecule has 7 heteroatoms. The number of carbonyl (C=O) groups is 2. The molecule has 3 aromatic rings. The van der Waals surface area contributed by atoms with Gasteiger partial charge in [-0.2, -0.15) is 0 Å². The molecule has 0 aliphatic rings. The zero-order chi connectivity index (χ0) is 22.9. The largest absolute Gasteiger partial charge is 0.497 e. The molecule has 0 saturated carbocycles. The first-order chi connectivity index (χ1) is 15.5. The minimum absolute atomic E-state index is 0.00162. The number of halogens is 1. The smallest absolute Gasteiger partial charge is 0.322 e. The van der Waals surface area contributed by atoms with Gasteiger partial charge in [-0.1, -0.05) is 42.5 Å². The third-order valence-corrected chi connectivity index (χ3v) is 5.00. The van der Waals surface area contributed by atoms with Crippen LogP contribution in [0, 0.1) is 0 Å². The van der Waals surface area contributed by atoms with Gasteiger partial charge in [0, 0.05) is 5.56 Å². The van der Waals surface area contributed by atoms with Crippen LogP contribution in [0.3, 0.4) is 0 Å². The predicted molar refractivity (Wildman–Crippen MR) is 120 cm³/mol. The first kappa shape index (κ1) is 23.2. The monoisotopic (exact) mass is 454 g/mol. The summed E-state index contributed by atoms with van der Waals surface area (Å²) in [5, 5.41) is -0.842. The minimum atomic E-state index is -1.30. The zero-order valence-electron chi connectivity index (χ0n) is 17.7. The second-order valence-corrected chi connectivity index (χ2v) is 7.24. The lowest BCUT2D eigenvalue weighted by atomic mass is 9.99. The maximum Gasteiger partial charge on any atom is 0.322 e. The summed E-state index contributed by atoms with van der Waals surface area (Å²) in [4.78, 5) is 24.9. The molecular weight excluding hydrogens is 432 g/mol. The highest BCUT2D eigenvalue weighted by atomic mass is 35.5. The molecule has 0 fully saturated rings. The highest BCUT2D eigenvalue weighted by Gasteiger charge is 2.31. The molecule has 0 radical (unpaired) electrons. The Hall–Kier alpha value is -3.51. The molecule has 0 N–H and O–H groups in total. The molecule has 0 heterocycles. The van der Waals surface area contributed by atoms with Crippen LogP contribution >= 0.6 is 11.6 Å². The molecule has 3 rings (SSSR count). The van der Waals surface area contributed by atoms with E-state index >= 15 is 0 Å². The first-order valence-corrected chi connectivity index (χ1v) is 10.2. The van der Waals surface area contributed by atoms with Gasteiger partial charge in [-0.3, -0.25) is 9.59 Å². The van der Waals surface area contributed by atoms with E-state index in [0.717, 1.165) is 16.9 Å². The van der Waals surface area contributed by atoms with E-state index in [-0.39, 0.29) is 13.2 Å². The molecule has 1 unspecified atom stereocenters. The van der Waals surface area contributed by atoms with Crippen molar-refractivity contribution in [2.75, 3.05) is 14.2 Å². The Morgan fingerprint density at radius 2 is 1.31 bits per heavy atom. The molecule has 0 aliphatic carbocycles. The quantitative estimate of drug-likeness (QED) is 0.247. The highest BCUT2D eigenvalue weighted by molar-refractivity contribution is 6.66. The van der Waals surface area contributed by atoms with E-state index in [2.05, 4.69) is 0 Å². The summed E-state index contributed by atoms with van der Waals surface area (Å²) in [6.45, 7) is 0.240. The second-order valence-electron chi connectivity index (χ2n) is 6.87. The molecule has 0 aliphatic heterocycles. The number of para-hydroxylation sites is 1. The average Bonchev–Trinajstić information content (AvgIpc) is 2.82. The van der Waals surface area contributed by atoms with Crippen LogP contribution in [0.5, 0.6) is 17.2 Å². The average molecular weight is 455 g/mol. The summed E-state index contributed by atoms with van der Waals surface area (Å²) in [5.74, 6) is -0.245. The Bertz CT molecular complexity index is 1050. The number of rotatable bonds is 10. The van der Waals surface area contributed by atoms with E-state index in [9.17, 15) is 9.59 Å². The number of ether oxygens (including phenoxy) is 4. The van der Waals surface area contributed by atoms with Crippen molar-refractivity contribution < 1.29 is 28.5 Å². The van der Waals surface area contributed by atoms with E-state index in [1.54, 1.807) is 62.8 Å². The van der Waals surface area contributed by atoms with E-state index < -0.39 is 17.1 Å². The molecule has 3 aromatic carbocycles. The van der Waals surface area contributed by atoms with Crippen molar-refractivity contribution in [3.63, 3.8) is 0 Å². The number of esters is 1. The van der Waals surface area contributed by atoms with Crippen molar-refractivity contribution in [2.45, 2.75) is 19.1 Å². The molecule has 6 nitrogen and oxygen atoms in total. The summed E-state index contributed by atoms with van der Waals surface area (Å²) in [7, 11) is 3.17. The molecule has 0 aromatic heterocycles. The normalized spacial score (nSPS) is 11.3. The van der Waals surface area contributed by atoms with Crippen LogP contribution in [0.1, 0.15) is 22.6 Å². The van der Waals surface area contributed by atoms with Gasteiger partial charge in [-0.25, -0.2) is 0 Å². The lowest BCUT2D eigenvalue weighted by Crippen LogP contribution is -2.22.